The summed E-state index contributed by atoms with van der Waals surface area (Å²) < 4.78 is 8.75. The molecule has 1 aromatic heterocycles. The van der Waals surface area contributed by atoms with E-state index < -0.39 is 0 Å². The Morgan fingerprint density at radius 1 is 1.75 bits per heavy atom. The van der Waals surface area contributed by atoms with Gasteiger partial charge >= 0.3 is 6.01 Å². The molecule has 0 aliphatic heterocycles. The molecule has 1 aromatic rings. The maximum Gasteiger partial charge on any atom is 0.329 e. The van der Waals surface area contributed by atoms with Gasteiger partial charge in [-0.15, -0.1) is 4.37 Å². The molecular formula is C3H3ClN2OS. The van der Waals surface area contributed by atoms with Gasteiger partial charge in [-0.05, 0) is 11.6 Å². The van der Waals surface area contributed by atoms with E-state index in [2.05, 4.69) is 14.1 Å². The third-order valence-corrected chi connectivity index (χ3v) is 1.35. The summed E-state index contributed by atoms with van der Waals surface area (Å²) in [5.74, 6) is 0. The zero-order valence-electron chi connectivity index (χ0n) is 4.09. The van der Waals surface area contributed by atoms with E-state index in [1.54, 1.807) is 0 Å². The third-order valence-electron chi connectivity index (χ3n) is 0.565. The molecule has 1 heterocycles. The van der Waals surface area contributed by atoms with Crippen molar-refractivity contribution in [3.63, 3.8) is 0 Å². The average Bonchev–Trinajstić information content (AvgIpc) is 2.14. The summed E-state index contributed by atoms with van der Waals surface area (Å²) in [4.78, 5) is 3.68. The van der Waals surface area contributed by atoms with Crippen molar-refractivity contribution in [1.29, 1.82) is 0 Å². The molecule has 8 heavy (non-hydrogen) atoms. The lowest BCUT2D eigenvalue weighted by atomic mass is 11.2. The first-order valence-electron chi connectivity index (χ1n) is 1.86. The van der Waals surface area contributed by atoms with E-state index in [0.29, 0.717) is 10.5 Å². The second-order valence-corrected chi connectivity index (χ2v) is 2.37. The predicted molar refractivity (Wildman–Crippen MR) is 31.5 cm³/mol. The van der Waals surface area contributed by atoms with Gasteiger partial charge in [0.05, 0.1) is 7.11 Å². The van der Waals surface area contributed by atoms with Crippen LogP contribution in [0, 0.1) is 0 Å². The van der Waals surface area contributed by atoms with Gasteiger partial charge in [0.15, 0.2) is 0 Å². The molecule has 0 aliphatic carbocycles. The van der Waals surface area contributed by atoms with E-state index in [-0.39, 0.29) is 0 Å². The Morgan fingerprint density at radius 3 is 2.75 bits per heavy atom. The quantitative estimate of drug-likeness (QED) is 0.604. The molecule has 0 bridgehead atoms. The molecule has 0 radical (unpaired) electrons. The van der Waals surface area contributed by atoms with Gasteiger partial charge in [0.2, 0.25) is 4.47 Å². The first-order valence-corrected chi connectivity index (χ1v) is 3.01. The van der Waals surface area contributed by atoms with Crippen LogP contribution >= 0.6 is 23.1 Å². The SMILES string of the molecule is COc1nsc(Cl)n1. The lowest BCUT2D eigenvalue weighted by molar-refractivity contribution is 0.386. The van der Waals surface area contributed by atoms with Crippen LogP contribution in [0.3, 0.4) is 0 Å². The minimum Gasteiger partial charge on any atom is -0.466 e. The lowest BCUT2D eigenvalue weighted by Crippen LogP contribution is -1.82. The average molecular weight is 151 g/mol. The van der Waals surface area contributed by atoms with E-state index in [1.165, 1.54) is 7.11 Å². The number of nitrogens with zero attached hydrogens (tertiary/aromatic N) is 2. The summed E-state index contributed by atoms with van der Waals surface area (Å²) in [7, 11) is 1.50. The largest absolute Gasteiger partial charge is 0.466 e. The van der Waals surface area contributed by atoms with Gasteiger partial charge in [0.1, 0.15) is 0 Å². The molecule has 0 atom stereocenters. The molecule has 1 rings (SSSR count). The molecule has 44 valence electrons. The Bertz CT molecular complexity index is 178. The van der Waals surface area contributed by atoms with Crippen LogP contribution in [-0.2, 0) is 0 Å². The van der Waals surface area contributed by atoms with Crippen LogP contribution in [0.25, 0.3) is 0 Å². The minimum atomic E-state index is 0.333. The summed E-state index contributed by atoms with van der Waals surface area (Å²) in [6, 6.07) is 0.333. The van der Waals surface area contributed by atoms with Gasteiger partial charge in [-0.25, -0.2) is 0 Å². The zero-order chi connectivity index (χ0) is 5.98. The maximum atomic E-state index is 5.40. The standard InChI is InChI=1S/C3H3ClN2OS/c1-7-3-5-2(4)8-6-3/h1H3. The van der Waals surface area contributed by atoms with Crippen LogP contribution in [0.5, 0.6) is 6.01 Å². The Morgan fingerprint density at radius 2 is 2.50 bits per heavy atom. The van der Waals surface area contributed by atoms with Crippen molar-refractivity contribution < 1.29 is 4.74 Å². The van der Waals surface area contributed by atoms with Crippen molar-refractivity contribution in [3.8, 4) is 6.01 Å². The van der Waals surface area contributed by atoms with Gasteiger partial charge in [-0.1, -0.05) is 0 Å². The van der Waals surface area contributed by atoms with E-state index in [4.69, 9.17) is 11.6 Å². The third kappa shape index (κ3) is 1.08. The van der Waals surface area contributed by atoms with Gasteiger partial charge in [-0.3, -0.25) is 0 Å². The normalized spacial score (nSPS) is 9.25. The fourth-order valence-corrected chi connectivity index (χ4v) is 0.839. The summed E-state index contributed by atoms with van der Waals surface area (Å²) in [5.41, 5.74) is 0. The second kappa shape index (κ2) is 2.28. The summed E-state index contributed by atoms with van der Waals surface area (Å²) >= 11 is 6.51. The van der Waals surface area contributed by atoms with E-state index in [9.17, 15) is 0 Å². The smallest absolute Gasteiger partial charge is 0.329 e. The van der Waals surface area contributed by atoms with Crippen molar-refractivity contribution in [2.75, 3.05) is 7.11 Å². The lowest BCUT2D eigenvalue weighted by Gasteiger charge is -1.82. The topological polar surface area (TPSA) is 35.0 Å². The molecule has 0 N–H and O–H groups in total. The van der Waals surface area contributed by atoms with Crippen LogP contribution in [0.15, 0.2) is 0 Å². The van der Waals surface area contributed by atoms with Gasteiger partial charge < -0.3 is 4.74 Å². The first-order chi connectivity index (χ1) is 3.83. The molecule has 0 fully saturated rings. The molecule has 0 aromatic carbocycles. The van der Waals surface area contributed by atoms with Crippen LogP contribution in [0.1, 0.15) is 0 Å². The van der Waals surface area contributed by atoms with Crippen LogP contribution in [-0.4, -0.2) is 16.5 Å². The Hall–Kier alpha value is -0.350. The number of hydrogen-bond acceptors (Lipinski definition) is 4. The number of hydrogen-bond donors (Lipinski definition) is 0. The maximum absolute atomic E-state index is 5.40. The number of methoxy groups -OCH3 is 1. The molecule has 0 unspecified atom stereocenters. The highest BCUT2D eigenvalue weighted by Gasteiger charge is 1.97. The Labute approximate surface area is 55.4 Å². The Balaban J connectivity index is 2.84. The number of halogens is 1. The second-order valence-electron chi connectivity index (χ2n) is 1.03. The highest BCUT2D eigenvalue weighted by atomic mass is 35.5. The fraction of sp³-hybridized carbons (Fsp3) is 0.333. The predicted octanol–water partition coefficient (Wildman–Crippen LogP) is 1.20. The molecule has 0 saturated heterocycles. The van der Waals surface area contributed by atoms with Gasteiger partial charge in [-0.2, -0.15) is 4.98 Å². The summed E-state index contributed by atoms with van der Waals surface area (Å²) in [5, 5.41) is 0. The molecule has 5 heteroatoms. The molecule has 0 amide bonds. The summed E-state index contributed by atoms with van der Waals surface area (Å²) in [6.45, 7) is 0. The molecule has 0 aliphatic rings. The van der Waals surface area contributed by atoms with E-state index >= 15 is 0 Å². The van der Waals surface area contributed by atoms with Crippen molar-refractivity contribution in [2.24, 2.45) is 0 Å². The molecule has 0 spiro atoms. The summed E-state index contributed by atoms with van der Waals surface area (Å²) in [6.07, 6.45) is 0. The van der Waals surface area contributed by atoms with Crippen molar-refractivity contribution >= 4 is 23.1 Å². The first kappa shape index (κ1) is 5.78. The van der Waals surface area contributed by atoms with E-state index in [0.717, 1.165) is 11.5 Å². The minimum absolute atomic E-state index is 0.333. The van der Waals surface area contributed by atoms with Gasteiger partial charge in [0.25, 0.3) is 0 Å². The number of rotatable bonds is 1. The van der Waals surface area contributed by atoms with Crippen LogP contribution in [0.4, 0.5) is 0 Å². The van der Waals surface area contributed by atoms with E-state index in [1.807, 2.05) is 0 Å². The highest BCUT2D eigenvalue weighted by molar-refractivity contribution is 7.10. The van der Waals surface area contributed by atoms with Crippen molar-refractivity contribution in [2.45, 2.75) is 0 Å². The zero-order valence-corrected chi connectivity index (χ0v) is 5.66. The van der Waals surface area contributed by atoms with Crippen LogP contribution in [0.2, 0.25) is 4.47 Å². The molecular weight excluding hydrogens is 148 g/mol. The fourth-order valence-electron chi connectivity index (χ4n) is 0.276. The van der Waals surface area contributed by atoms with Crippen molar-refractivity contribution in [1.82, 2.24) is 9.36 Å². The Kier molecular flexibility index (Phi) is 1.65. The van der Waals surface area contributed by atoms with Crippen molar-refractivity contribution in [3.05, 3.63) is 4.47 Å². The molecule has 3 nitrogen and oxygen atoms in total. The van der Waals surface area contributed by atoms with Crippen LogP contribution < -0.4 is 4.74 Å². The molecule has 0 saturated carbocycles. The number of aromatic nitrogens is 2. The highest BCUT2D eigenvalue weighted by Crippen LogP contribution is 2.14. The van der Waals surface area contributed by atoms with Gasteiger partial charge in [0, 0.05) is 11.5 Å². The number of ether oxygens (including phenoxy) is 1. The monoisotopic (exact) mass is 150 g/mol.